The summed E-state index contributed by atoms with van der Waals surface area (Å²) >= 11 is 7.26. The molecule has 0 aliphatic carbocycles. The number of carbonyl (C=O) groups excluding carboxylic acids is 1. The summed E-state index contributed by atoms with van der Waals surface area (Å²) in [6, 6.07) is 14.3. The minimum atomic E-state index is -0.329. The average molecular weight is 499 g/mol. The van der Waals surface area contributed by atoms with E-state index in [9.17, 15) is 14.0 Å². The van der Waals surface area contributed by atoms with Crippen LogP contribution < -0.4 is 10.9 Å². The maximum absolute atomic E-state index is 13.2. The van der Waals surface area contributed by atoms with E-state index in [1.54, 1.807) is 41.3 Å². The number of hydrogen-bond acceptors (Lipinski definition) is 6. The lowest BCUT2D eigenvalue weighted by Gasteiger charge is -2.34. The third kappa shape index (κ3) is 4.93. The lowest BCUT2D eigenvalue weighted by atomic mass is 10.2. The number of nitrogens with one attached hydrogen (secondary N) is 1. The lowest BCUT2D eigenvalue weighted by Crippen LogP contribution is -2.49. The summed E-state index contributed by atoms with van der Waals surface area (Å²) in [7, 11) is 0. The number of hydrogen-bond donors (Lipinski definition) is 1. The predicted molar refractivity (Wildman–Crippen MR) is 130 cm³/mol. The fourth-order valence-electron chi connectivity index (χ4n) is 3.75. The molecule has 0 radical (unpaired) electrons. The van der Waals surface area contributed by atoms with Crippen LogP contribution in [0, 0.1) is 5.82 Å². The highest BCUT2D eigenvalue weighted by molar-refractivity contribution is 7.19. The maximum atomic E-state index is 13.2. The van der Waals surface area contributed by atoms with Crippen LogP contribution >= 0.6 is 22.9 Å². The molecule has 1 N–H and O–H groups in total. The van der Waals surface area contributed by atoms with Gasteiger partial charge in [-0.1, -0.05) is 29.0 Å². The van der Waals surface area contributed by atoms with E-state index in [2.05, 4.69) is 20.3 Å². The van der Waals surface area contributed by atoms with Gasteiger partial charge in [0, 0.05) is 55.1 Å². The molecule has 5 rings (SSSR count). The largest absolute Gasteiger partial charge is 0.322 e. The zero-order chi connectivity index (χ0) is 23.7. The Morgan fingerprint density at radius 3 is 2.59 bits per heavy atom. The summed E-state index contributed by atoms with van der Waals surface area (Å²) < 4.78 is 14.5. The Labute approximate surface area is 203 Å². The number of halogens is 2. The third-order valence-corrected chi connectivity index (χ3v) is 6.70. The smallest absolute Gasteiger partial charge is 0.321 e. The first-order valence-corrected chi connectivity index (χ1v) is 11.8. The van der Waals surface area contributed by atoms with Crippen LogP contribution in [0.3, 0.4) is 0 Å². The monoisotopic (exact) mass is 498 g/mol. The van der Waals surface area contributed by atoms with Gasteiger partial charge in [-0.2, -0.15) is 9.61 Å². The molecule has 1 saturated heterocycles. The van der Waals surface area contributed by atoms with E-state index in [0.29, 0.717) is 59.1 Å². The maximum Gasteiger partial charge on any atom is 0.321 e. The lowest BCUT2D eigenvalue weighted by molar-refractivity contribution is 0.142. The normalized spacial score (nSPS) is 14.5. The summed E-state index contributed by atoms with van der Waals surface area (Å²) in [5, 5.41) is 8.36. The van der Waals surface area contributed by atoms with Crippen LogP contribution in [0.2, 0.25) is 5.02 Å². The molecule has 4 aromatic rings. The van der Waals surface area contributed by atoms with Crippen LogP contribution in [-0.2, 0) is 6.54 Å². The first-order chi connectivity index (χ1) is 16.4. The van der Waals surface area contributed by atoms with E-state index < -0.39 is 0 Å². The second-order valence-corrected chi connectivity index (χ2v) is 9.29. The van der Waals surface area contributed by atoms with E-state index in [0.717, 1.165) is 5.56 Å². The summed E-state index contributed by atoms with van der Waals surface area (Å²) in [4.78, 5) is 34.1. The summed E-state index contributed by atoms with van der Waals surface area (Å²) in [6.07, 6.45) is 0. The number of nitrogens with zero attached hydrogens (tertiary/aromatic N) is 5. The van der Waals surface area contributed by atoms with Crippen LogP contribution in [0.4, 0.5) is 14.9 Å². The molecule has 174 valence electrons. The number of rotatable bonds is 4. The van der Waals surface area contributed by atoms with Crippen molar-refractivity contribution < 1.29 is 9.18 Å². The zero-order valence-corrected chi connectivity index (χ0v) is 19.5. The van der Waals surface area contributed by atoms with Crippen molar-refractivity contribution in [2.75, 3.05) is 31.5 Å². The van der Waals surface area contributed by atoms with E-state index in [-0.39, 0.29) is 17.4 Å². The van der Waals surface area contributed by atoms with Crippen molar-refractivity contribution in [1.29, 1.82) is 0 Å². The van der Waals surface area contributed by atoms with E-state index in [1.807, 2.05) is 0 Å². The summed E-state index contributed by atoms with van der Waals surface area (Å²) in [5.74, 6) is -0.329. The van der Waals surface area contributed by atoms with Gasteiger partial charge in [0.1, 0.15) is 10.8 Å². The fourth-order valence-corrected chi connectivity index (χ4v) is 4.87. The Morgan fingerprint density at radius 2 is 1.85 bits per heavy atom. The number of fused-ring (bicyclic) bond motifs is 1. The fraction of sp³-hybridized carbons (Fsp3) is 0.217. The van der Waals surface area contributed by atoms with Crippen LogP contribution in [-0.4, -0.2) is 56.6 Å². The number of benzene rings is 2. The number of urea groups is 1. The predicted octanol–water partition coefficient (Wildman–Crippen LogP) is 3.96. The van der Waals surface area contributed by atoms with Gasteiger partial charge in [0.05, 0.1) is 5.69 Å². The highest BCUT2D eigenvalue weighted by atomic mass is 35.5. The summed E-state index contributed by atoms with van der Waals surface area (Å²) in [5.41, 5.74) is 1.77. The van der Waals surface area contributed by atoms with E-state index >= 15 is 0 Å². The van der Waals surface area contributed by atoms with Crippen LogP contribution in [0.1, 0.15) is 5.69 Å². The molecule has 0 saturated carbocycles. The van der Waals surface area contributed by atoms with E-state index in [4.69, 9.17) is 11.6 Å². The third-order valence-electron chi connectivity index (χ3n) is 5.51. The molecule has 8 nitrogen and oxygen atoms in total. The van der Waals surface area contributed by atoms with Gasteiger partial charge in [-0.3, -0.25) is 9.69 Å². The van der Waals surface area contributed by atoms with Gasteiger partial charge < -0.3 is 10.2 Å². The molecule has 0 spiro atoms. The molecule has 34 heavy (non-hydrogen) atoms. The van der Waals surface area contributed by atoms with Gasteiger partial charge in [-0.15, -0.1) is 0 Å². The molecular formula is C23H20ClFN6O2S. The van der Waals surface area contributed by atoms with Gasteiger partial charge in [-0.25, -0.2) is 14.2 Å². The van der Waals surface area contributed by atoms with Crippen LogP contribution in [0.25, 0.3) is 15.5 Å². The van der Waals surface area contributed by atoms with Crippen molar-refractivity contribution in [2.45, 2.75) is 6.54 Å². The quantitative estimate of drug-likeness (QED) is 0.460. The molecule has 1 aliphatic rings. The minimum absolute atomic E-state index is 0.169. The molecule has 1 fully saturated rings. The average Bonchev–Trinajstić information content (AvgIpc) is 3.25. The molecule has 0 unspecified atom stereocenters. The molecule has 0 bridgehead atoms. The number of aromatic nitrogens is 3. The Balaban J connectivity index is 1.23. The highest BCUT2D eigenvalue weighted by Crippen LogP contribution is 2.24. The second kappa shape index (κ2) is 9.49. The molecule has 3 heterocycles. The van der Waals surface area contributed by atoms with Crippen LogP contribution in [0.5, 0.6) is 0 Å². The Bertz CT molecular complexity index is 1400. The first kappa shape index (κ1) is 22.5. The van der Waals surface area contributed by atoms with Crippen molar-refractivity contribution >= 4 is 39.6 Å². The Hall–Kier alpha value is -3.34. The molecule has 2 amide bonds. The van der Waals surface area contributed by atoms with Crippen molar-refractivity contribution in [3.8, 4) is 10.6 Å². The van der Waals surface area contributed by atoms with Crippen molar-refractivity contribution in [3.63, 3.8) is 0 Å². The standard InChI is InChI=1S/C23H20ClFN6O2S/c24-16-2-1-3-18(12-16)26-22(33)30-10-8-29(9-11-30)14-19-13-20(32)31-23(27-19)34-21(28-31)15-4-6-17(25)7-5-15/h1-7,12-13H,8-11,14H2,(H,26,33). The summed E-state index contributed by atoms with van der Waals surface area (Å²) in [6.45, 7) is 2.94. The first-order valence-electron chi connectivity index (χ1n) is 10.6. The molecule has 1 aliphatic heterocycles. The SMILES string of the molecule is O=C(Nc1cccc(Cl)c1)N1CCN(Cc2cc(=O)n3nc(-c4ccc(F)cc4)sc3n2)CC1. The van der Waals surface area contributed by atoms with Gasteiger partial charge in [-0.05, 0) is 42.5 Å². The van der Waals surface area contributed by atoms with Crippen molar-refractivity contribution in [2.24, 2.45) is 0 Å². The van der Waals surface area contributed by atoms with Gasteiger partial charge in [0.2, 0.25) is 4.96 Å². The number of anilines is 1. The van der Waals surface area contributed by atoms with Gasteiger partial charge in [0.25, 0.3) is 5.56 Å². The molecule has 0 atom stereocenters. The second-order valence-electron chi connectivity index (χ2n) is 7.90. The van der Waals surface area contributed by atoms with Gasteiger partial charge in [0.15, 0.2) is 0 Å². The Kier molecular flexibility index (Phi) is 6.27. The number of carbonyl (C=O) groups is 1. The van der Waals surface area contributed by atoms with Crippen molar-refractivity contribution in [1.82, 2.24) is 24.4 Å². The van der Waals surface area contributed by atoms with Crippen molar-refractivity contribution in [3.05, 3.63) is 81.5 Å². The number of piperazine rings is 1. The topological polar surface area (TPSA) is 82.8 Å². The van der Waals surface area contributed by atoms with Crippen LogP contribution in [0.15, 0.2) is 59.4 Å². The molecular weight excluding hydrogens is 479 g/mol. The Morgan fingerprint density at radius 1 is 1.09 bits per heavy atom. The molecule has 2 aromatic carbocycles. The minimum Gasteiger partial charge on any atom is -0.322 e. The molecule has 11 heteroatoms. The van der Waals surface area contributed by atoms with Gasteiger partial charge >= 0.3 is 6.03 Å². The molecule has 2 aromatic heterocycles. The highest BCUT2D eigenvalue weighted by Gasteiger charge is 2.22. The number of amides is 2. The zero-order valence-electron chi connectivity index (χ0n) is 17.9. The van der Waals surface area contributed by atoms with E-state index in [1.165, 1.54) is 34.1 Å².